The average molecular weight is 509 g/mol. The predicted molar refractivity (Wildman–Crippen MR) is 129 cm³/mol. The molecule has 7 rings (SSSR count). The van der Waals surface area contributed by atoms with Crippen LogP contribution in [0.4, 0.5) is 23.3 Å². The summed E-state index contributed by atoms with van der Waals surface area (Å²) in [5.74, 6) is 3.45. The van der Waals surface area contributed by atoms with Crippen molar-refractivity contribution in [1.82, 2.24) is 29.6 Å². The van der Waals surface area contributed by atoms with Crippen molar-refractivity contribution in [1.29, 1.82) is 0 Å². The van der Waals surface area contributed by atoms with E-state index in [-0.39, 0.29) is 16.5 Å². The number of rotatable bonds is 0. The Balaban J connectivity index is 0.00000229. The molecule has 0 amide bonds. The fourth-order valence-corrected chi connectivity index (χ4v) is 4.23. The standard InChI is InChI=1S/C24H22N10.Ni/c1-3-21-25-22(4-1)32-12-8-28(18-32)16-30-10-14-34(20-30)24-6-2-5-23(26-24)33-13-9-29(19-33)15-27-7-11-31(21)17-27;/h1-14,17-20H,15-16H2;/q-4;. The Morgan fingerprint density at radius 1 is 0.457 bits per heavy atom. The molecule has 2 aromatic rings. The molecule has 0 fully saturated rings. The summed E-state index contributed by atoms with van der Waals surface area (Å²) in [6.45, 7) is 9.53. The van der Waals surface area contributed by atoms with Gasteiger partial charge in [0.1, 0.15) is 23.3 Å². The van der Waals surface area contributed by atoms with E-state index < -0.39 is 0 Å². The summed E-state index contributed by atoms with van der Waals surface area (Å²) in [5.41, 5.74) is 0. The van der Waals surface area contributed by atoms with E-state index in [0.29, 0.717) is 13.3 Å². The molecule has 0 spiro atoms. The van der Waals surface area contributed by atoms with Crippen molar-refractivity contribution < 1.29 is 16.5 Å². The van der Waals surface area contributed by atoms with Crippen molar-refractivity contribution in [3.63, 3.8) is 0 Å². The SMILES string of the molecule is C1=CN2[CH-]N1CN1C=CN([CH-]1)c1cccc(n1)N1C=CN([CH-]1)CN1C=CN([CH-]1)c1cccc2n1.[Ni]. The van der Waals surface area contributed by atoms with Gasteiger partial charge in [-0.3, -0.25) is 0 Å². The second kappa shape index (κ2) is 8.74. The van der Waals surface area contributed by atoms with Crippen LogP contribution in [0.1, 0.15) is 0 Å². The predicted octanol–water partition coefficient (Wildman–Crippen LogP) is 2.95. The fraction of sp³-hybridized carbons (Fsp3) is 0.0833. The topological polar surface area (TPSA) is 51.7 Å². The molecular weight excluding hydrogens is 487 g/mol. The second-order valence-electron chi connectivity index (χ2n) is 8.33. The quantitative estimate of drug-likeness (QED) is 0.392. The van der Waals surface area contributed by atoms with Gasteiger partial charge in [0, 0.05) is 29.8 Å². The molecule has 0 N–H and O–H groups in total. The number of aromatic nitrogens is 2. The molecule has 35 heavy (non-hydrogen) atoms. The van der Waals surface area contributed by atoms with E-state index in [1.54, 1.807) is 0 Å². The van der Waals surface area contributed by atoms with Crippen LogP contribution in [0.25, 0.3) is 0 Å². The Bertz CT molecular complexity index is 1040. The van der Waals surface area contributed by atoms with E-state index in [0.717, 1.165) is 23.3 Å². The zero-order chi connectivity index (χ0) is 22.5. The molecule has 5 aliphatic heterocycles. The fourth-order valence-electron chi connectivity index (χ4n) is 4.23. The Morgan fingerprint density at radius 3 is 1.03 bits per heavy atom. The van der Waals surface area contributed by atoms with Gasteiger partial charge in [-0.05, 0) is 73.9 Å². The molecule has 7 heterocycles. The third-order valence-electron chi connectivity index (χ3n) is 5.92. The molecule has 0 saturated carbocycles. The number of nitrogens with zero attached hydrogens (tertiary/aromatic N) is 10. The van der Waals surface area contributed by atoms with Gasteiger partial charge in [-0.25, -0.2) is 9.97 Å². The van der Waals surface area contributed by atoms with Gasteiger partial charge in [-0.2, -0.15) is 0 Å². The largest absolute Gasteiger partial charge is 0.494 e. The Kier molecular flexibility index (Phi) is 5.41. The Hall–Kier alpha value is -3.85. The van der Waals surface area contributed by atoms with Gasteiger partial charge in [0.25, 0.3) is 0 Å². The number of anilines is 4. The summed E-state index contributed by atoms with van der Waals surface area (Å²) >= 11 is 0. The molecule has 2 aromatic heterocycles. The van der Waals surface area contributed by atoms with E-state index in [1.165, 1.54) is 0 Å². The maximum Gasteiger partial charge on any atom is 0.106 e. The molecular formula is C24H22N10Ni-4. The monoisotopic (exact) mass is 508 g/mol. The molecule has 10 nitrogen and oxygen atoms in total. The van der Waals surface area contributed by atoms with Crippen LogP contribution in [0.5, 0.6) is 0 Å². The third-order valence-corrected chi connectivity index (χ3v) is 5.92. The van der Waals surface area contributed by atoms with E-state index >= 15 is 0 Å². The number of pyridine rings is 2. The summed E-state index contributed by atoms with van der Waals surface area (Å²) < 4.78 is 0. The van der Waals surface area contributed by atoms with Gasteiger partial charge in [-0.1, -0.05) is 12.1 Å². The number of hydrogen-bond donors (Lipinski definition) is 0. The minimum absolute atomic E-state index is 0. The van der Waals surface area contributed by atoms with Crippen LogP contribution in [-0.4, -0.2) is 42.9 Å². The summed E-state index contributed by atoms with van der Waals surface area (Å²) in [4.78, 5) is 26.3. The van der Waals surface area contributed by atoms with Gasteiger partial charge < -0.3 is 39.2 Å². The zero-order valence-electron chi connectivity index (χ0n) is 18.6. The molecule has 5 aliphatic rings. The first kappa shape index (κ1) is 21.7. The summed E-state index contributed by atoms with van der Waals surface area (Å²) in [6.07, 6.45) is 16.3. The normalized spacial score (nSPS) is 19.9. The van der Waals surface area contributed by atoms with Crippen molar-refractivity contribution in [3.05, 3.63) is 113 Å². The third kappa shape index (κ3) is 4.12. The van der Waals surface area contributed by atoms with Crippen LogP contribution in [0.3, 0.4) is 0 Å². The van der Waals surface area contributed by atoms with Crippen LogP contribution < -0.4 is 19.6 Å². The summed E-state index contributed by atoms with van der Waals surface area (Å²) in [7, 11) is 0. The summed E-state index contributed by atoms with van der Waals surface area (Å²) in [5, 5.41) is 0. The second-order valence-corrected chi connectivity index (χ2v) is 8.33. The zero-order valence-corrected chi connectivity index (χ0v) is 19.6. The molecule has 0 radical (unpaired) electrons. The minimum Gasteiger partial charge on any atom is -0.494 e. The first-order valence-electron chi connectivity index (χ1n) is 11.0. The Labute approximate surface area is 214 Å². The maximum atomic E-state index is 4.87. The van der Waals surface area contributed by atoms with Crippen LogP contribution in [0.15, 0.2) is 86.0 Å². The average Bonchev–Trinajstić information content (AvgIpc) is 3.67. The molecule has 0 saturated heterocycles. The van der Waals surface area contributed by atoms with Gasteiger partial charge in [-0.15, -0.1) is 26.7 Å². The van der Waals surface area contributed by atoms with Gasteiger partial charge >= 0.3 is 0 Å². The number of hydrogen-bond acceptors (Lipinski definition) is 10. The first-order valence-corrected chi connectivity index (χ1v) is 11.0. The van der Waals surface area contributed by atoms with Crippen LogP contribution in [0.2, 0.25) is 0 Å². The van der Waals surface area contributed by atoms with Crippen molar-refractivity contribution in [3.8, 4) is 0 Å². The molecule has 11 heteroatoms. The van der Waals surface area contributed by atoms with Gasteiger partial charge in [0.2, 0.25) is 0 Å². The minimum atomic E-state index is 0. The van der Waals surface area contributed by atoms with E-state index in [2.05, 4.69) is 19.6 Å². The maximum absolute atomic E-state index is 4.87. The van der Waals surface area contributed by atoms with Gasteiger partial charge in [0.05, 0.1) is 0 Å². The van der Waals surface area contributed by atoms with Crippen molar-refractivity contribution in [2.45, 2.75) is 0 Å². The molecule has 0 unspecified atom stereocenters. The van der Waals surface area contributed by atoms with Crippen LogP contribution >= 0.6 is 0 Å². The van der Waals surface area contributed by atoms with Crippen molar-refractivity contribution in [2.24, 2.45) is 0 Å². The molecule has 182 valence electrons. The van der Waals surface area contributed by atoms with Gasteiger partial charge in [0.15, 0.2) is 0 Å². The van der Waals surface area contributed by atoms with E-state index in [9.17, 15) is 0 Å². The smallest absolute Gasteiger partial charge is 0.106 e. The van der Waals surface area contributed by atoms with Crippen molar-refractivity contribution >= 4 is 23.3 Å². The van der Waals surface area contributed by atoms with Crippen LogP contribution in [-0.2, 0) is 16.5 Å². The van der Waals surface area contributed by atoms with E-state index in [4.69, 9.17) is 9.97 Å². The van der Waals surface area contributed by atoms with E-state index in [1.807, 2.05) is 132 Å². The molecule has 0 aromatic carbocycles. The Morgan fingerprint density at radius 2 is 0.743 bits per heavy atom. The molecule has 12 bridgehead atoms. The van der Waals surface area contributed by atoms with Crippen molar-refractivity contribution in [2.75, 3.05) is 32.9 Å². The van der Waals surface area contributed by atoms with Crippen LogP contribution in [0, 0.1) is 26.7 Å². The summed E-state index contributed by atoms with van der Waals surface area (Å²) in [6, 6.07) is 12.1. The molecule has 0 atom stereocenters. The molecule has 0 aliphatic carbocycles. The number of fused-ring (bicyclic) bond motifs is 16. The first-order chi connectivity index (χ1) is 16.8.